The number of benzene rings is 1. The van der Waals surface area contributed by atoms with Crippen LogP contribution in [0.5, 0.6) is 5.75 Å². The maximum absolute atomic E-state index is 11.4. The number of ether oxygens (including phenoxy) is 2. The van der Waals surface area contributed by atoms with Gasteiger partial charge in [-0.15, -0.1) is 0 Å². The molecule has 0 spiro atoms. The van der Waals surface area contributed by atoms with Gasteiger partial charge in [-0.05, 0) is 23.8 Å². The fraction of sp³-hybridized carbons (Fsp3) is 0.231. The zero-order valence-electron chi connectivity index (χ0n) is 10.5. The van der Waals surface area contributed by atoms with Crippen LogP contribution in [0.2, 0.25) is 0 Å². The van der Waals surface area contributed by atoms with Crippen molar-refractivity contribution < 1.29 is 19.1 Å². The molecule has 0 saturated carbocycles. The van der Waals surface area contributed by atoms with Crippen LogP contribution >= 0.6 is 0 Å². The van der Waals surface area contributed by atoms with Gasteiger partial charge in [0.1, 0.15) is 11.4 Å². The number of nitrogens with one attached hydrogen (secondary N) is 1. The number of carbonyl (C=O) groups excluding carboxylic acids is 2. The van der Waals surface area contributed by atoms with E-state index in [1.54, 1.807) is 31.4 Å². The smallest absolute Gasteiger partial charge is 0.354 e. The fourth-order valence-electron chi connectivity index (χ4n) is 1.31. The van der Waals surface area contributed by atoms with E-state index in [9.17, 15) is 9.59 Å². The molecule has 0 aliphatic heterocycles. The van der Waals surface area contributed by atoms with Crippen molar-refractivity contribution in [3.8, 4) is 5.75 Å². The van der Waals surface area contributed by atoms with Gasteiger partial charge in [0.25, 0.3) is 0 Å². The van der Waals surface area contributed by atoms with Gasteiger partial charge in [-0.25, -0.2) is 4.79 Å². The first-order chi connectivity index (χ1) is 8.56. The van der Waals surface area contributed by atoms with Gasteiger partial charge < -0.3 is 14.8 Å². The summed E-state index contributed by atoms with van der Waals surface area (Å²) in [5, 5.41) is 2.42. The maximum atomic E-state index is 11.4. The van der Waals surface area contributed by atoms with E-state index in [2.05, 4.69) is 10.1 Å². The van der Waals surface area contributed by atoms with Crippen molar-refractivity contribution >= 4 is 18.0 Å². The molecule has 1 rings (SSSR count). The minimum absolute atomic E-state index is 0.0927. The minimum Gasteiger partial charge on any atom is -0.497 e. The summed E-state index contributed by atoms with van der Waals surface area (Å²) in [5.74, 6) is -0.215. The molecule has 0 aliphatic carbocycles. The maximum Gasteiger partial charge on any atom is 0.354 e. The van der Waals surface area contributed by atoms with Crippen molar-refractivity contribution in [1.82, 2.24) is 5.32 Å². The first-order valence-electron chi connectivity index (χ1n) is 5.28. The van der Waals surface area contributed by atoms with Crippen LogP contribution in [0.25, 0.3) is 6.08 Å². The molecule has 1 amide bonds. The highest BCUT2D eigenvalue weighted by molar-refractivity contribution is 5.97. The predicted molar refractivity (Wildman–Crippen MR) is 66.8 cm³/mol. The van der Waals surface area contributed by atoms with E-state index in [1.807, 2.05) is 0 Å². The molecule has 0 radical (unpaired) electrons. The van der Waals surface area contributed by atoms with E-state index in [1.165, 1.54) is 20.1 Å². The lowest BCUT2D eigenvalue weighted by Gasteiger charge is -2.06. The molecule has 0 saturated heterocycles. The van der Waals surface area contributed by atoms with E-state index in [0.717, 1.165) is 5.56 Å². The molecule has 18 heavy (non-hydrogen) atoms. The van der Waals surface area contributed by atoms with Gasteiger partial charge in [-0.1, -0.05) is 12.1 Å². The van der Waals surface area contributed by atoms with E-state index in [-0.39, 0.29) is 11.6 Å². The lowest BCUT2D eigenvalue weighted by atomic mass is 10.2. The highest BCUT2D eigenvalue weighted by Crippen LogP contribution is 2.13. The van der Waals surface area contributed by atoms with Gasteiger partial charge in [-0.2, -0.15) is 0 Å². The van der Waals surface area contributed by atoms with Gasteiger partial charge in [-0.3, -0.25) is 4.79 Å². The normalized spacial score (nSPS) is 10.7. The van der Waals surface area contributed by atoms with Gasteiger partial charge in [0.05, 0.1) is 14.2 Å². The lowest BCUT2D eigenvalue weighted by Crippen LogP contribution is -2.25. The molecule has 1 aromatic rings. The summed E-state index contributed by atoms with van der Waals surface area (Å²) >= 11 is 0. The highest BCUT2D eigenvalue weighted by Gasteiger charge is 2.10. The number of amides is 1. The Balaban J connectivity index is 2.98. The van der Waals surface area contributed by atoms with E-state index >= 15 is 0 Å². The molecule has 0 unspecified atom stereocenters. The Morgan fingerprint density at radius 2 is 1.78 bits per heavy atom. The first-order valence-corrected chi connectivity index (χ1v) is 5.28. The number of carbonyl (C=O) groups is 2. The Labute approximate surface area is 105 Å². The minimum atomic E-state index is -0.596. The summed E-state index contributed by atoms with van der Waals surface area (Å²) < 4.78 is 9.61. The topological polar surface area (TPSA) is 64.6 Å². The second-order valence-corrected chi connectivity index (χ2v) is 3.50. The molecule has 0 atom stereocenters. The number of methoxy groups -OCH3 is 2. The van der Waals surface area contributed by atoms with Crippen LogP contribution < -0.4 is 10.1 Å². The van der Waals surface area contributed by atoms with Crippen molar-refractivity contribution in [2.45, 2.75) is 6.92 Å². The van der Waals surface area contributed by atoms with E-state index in [4.69, 9.17) is 4.74 Å². The second-order valence-electron chi connectivity index (χ2n) is 3.50. The molecular formula is C13H15NO4. The second kappa shape index (κ2) is 6.44. The number of hydrogen-bond acceptors (Lipinski definition) is 4. The molecule has 0 fully saturated rings. The Bertz CT molecular complexity index is 462. The Morgan fingerprint density at radius 3 is 2.22 bits per heavy atom. The third kappa shape index (κ3) is 3.93. The molecule has 5 nitrogen and oxygen atoms in total. The largest absolute Gasteiger partial charge is 0.497 e. The highest BCUT2D eigenvalue weighted by atomic mass is 16.5. The van der Waals surface area contributed by atoms with Crippen LogP contribution in [0.3, 0.4) is 0 Å². The average Bonchev–Trinajstić information content (AvgIpc) is 2.37. The molecule has 1 aromatic carbocycles. The third-order valence-corrected chi connectivity index (χ3v) is 2.14. The first kappa shape index (κ1) is 13.8. The molecule has 0 bridgehead atoms. The van der Waals surface area contributed by atoms with Crippen LogP contribution in [0.4, 0.5) is 0 Å². The Hall–Kier alpha value is -2.30. The molecular weight excluding hydrogens is 235 g/mol. The summed E-state index contributed by atoms with van der Waals surface area (Å²) in [7, 11) is 2.83. The average molecular weight is 250 g/mol. The molecule has 0 aromatic heterocycles. The summed E-state index contributed by atoms with van der Waals surface area (Å²) in [6, 6.07) is 7.05. The summed E-state index contributed by atoms with van der Waals surface area (Å²) in [5.41, 5.74) is 0.847. The molecule has 96 valence electrons. The summed E-state index contributed by atoms with van der Waals surface area (Å²) in [6.45, 7) is 1.32. The summed E-state index contributed by atoms with van der Waals surface area (Å²) in [4.78, 5) is 22.4. The monoisotopic (exact) mass is 250 g/mol. The van der Waals surface area contributed by atoms with Crippen LogP contribution in [0.15, 0.2) is 30.0 Å². The number of rotatable bonds is 4. The molecule has 0 aliphatic rings. The molecule has 5 heteroatoms. The van der Waals surface area contributed by atoms with Crippen LogP contribution in [0.1, 0.15) is 12.5 Å². The zero-order valence-corrected chi connectivity index (χ0v) is 10.5. The quantitative estimate of drug-likeness (QED) is 0.497. The van der Waals surface area contributed by atoms with Crippen LogP contribution in [0, 0.1) is 0 Å². The Kier molecular flexibility index (Phi) is 4.92. The van der Waals surface area contributed by atoms with Gasteiger partial charge >= 0.3 is 5.97 Å². The molecule has 0 heterocycles. The SMILES string of the molecule is COC(=O)/C(=[13CH]\c1ccc(OC)cc1)NC(C)=O. The molecule has 1 N–H and O–H groups in total. The standard InChI is InChI=1S/C13H15NO4/c1-9(15)14-12(13(16)18-3)8-10-4-6-11(17-2)7-5-10/h4-8H,1-3H3,(H,14,15)/b12-8+/i8+1. The number of hydrogen-bond donors (Lipinski definition) is 1. The summed E-state index contributed by atoms with van der Waals surface area (Å²) in [6.07, 6.45) is 1.53. The van der Waals surface area contributed by atoms with Crippen molar-refractivity contribution in [2.75, 3.05) is 14.2 Å². The van der Waals surface area contributed by atoms with Crippen molar-refractivity contribution in [3.63, 3.8) is 0 Å². The van der Waals surface area contributed by atoms with E-state index in [0.29, 0.717) is 5.75 Å². The Morgan fingerprint density at radius 1 is 1.17 bits per heavy atom. The van der Waals surface area contributed by atoms with Gasteiger partial charge in [0.2, 0.25) is 5.91 Å². The van der Waals surface area contributed by atoms with Crippen LogP contribution in [-0.2, 0) is 14.3 Å². The van der Waals surface area contributed by atoms with Gasteiger partial charge in [0, 0.05) is 6.92 Å². The third-order valence-electron chi connectivity index (χ3n) is 2.14. The fourth-order valence-corrected chi connectivity index (χ4v) is 1.31. The van der Waals surface area contributed by atoms with Crippen LogP contribution in [-0.4, -0.2) is 26.1 Å². The predicted octanol–water partition coefficient (Wildman–Crippen LogP) is 1.35. The number of esters is 1. The van der Waals surface area contributed by atoms with E-state index < -0.39 is 5.97 Å². The van der Waals surface area contributed by atoms with Gasteiger partial charge in [0.15, 0.2) is 0 Å². The van der Waals surface area contributed by atoms with Crippen molar-refractivity contribution in [1.29, 1.82) is 0 Å². The zero-order chi connectivity index (χ0) is 13.5. The lowest BCUT2D eigenvalue weighted by molar-refractivity contribution is -0.137. The van der Waals surface area contributed by atoms with Crippen molar-refractivity contribution in [3.05, 3.63) is 35.5 Å². The van der Waals surface area contributed by atoms with Crippen molar-refractivity contribution in [2.24, 2.45) is 0 Å².